The molecule has 1 heterocycles. The Morgan fingerprint density at radius 3 is 2.44 bits per heavy atom. The van der Waals surface area contributed by atoms with E-state index < -0.39 is 18.1 Å². The van der Waals surface area contributed by atoms with Gasteiger partial charge in [-0.15, -0.1) is 0 Å². The third-order valence-corrected chi connectivity index (χ3v) is 5.86. The van der Waals surface area contributed by atoms with Crippen molar-refractivity contribution in [1.82, 2.24) is 5.32 Å². The molecule has 1 aliphatic heterocycles. The van der Waals surface area contributed by atoms with Crippen LogP contribution >= 0.6 is 34.8 Å². The SMILES string of the molecule is CN1C(=O)C(NC(=O)Nc2ccc(Cl)c(Cl)c2)N=C(c2ccccc2)c2cc(Cl)ccc21. The molecule has 9 heteroatoms. The highest BCUT2D eigenvalue weighted by Crippen LogP contribution is 2.30. The van der Waals surface area contributed by atoms with Crippen LogP contribution in [-0.4, -0.2) is 30.9 Å². The summed E-state index contributed by atoms with van der Waals surface area (Å²) in [6.07, 6.45) is -1.16. The molecule has 0 spiro atoms. The fraction of sp³-hybridized carbons (Fsp3) is 0.0870. The topological polar surface area (TPSA) is 73.8 Å². The van der Waals surface area contributed by atoms with Gasteiger partial charge < -0.3 is 15.5 Å². The zero-order valence-corrected chi connectivity index (χ0v) is 19.0. The van der Waals surface area contributed by atoms with Gasteiger partial charge in [-0.1, -0.05) is 65.1 Å². The van der Waals surface area contributed by atoms with E-state index in [-0.39, 0.29) is 0 Å². The zero-order chi connectivity index (χ0) is 22.8. The van der Waals surface area contributed by atoms with Crippen LogP contribution in [0.3, 0.4) is 0 Å². The summed E-state index contributed by atoms with van der Waals surface area (Å²) in [7, 11) is 1.63. The maximum absolute atomic E-state index is 13.2. The van der Waals surface area contributed by atoms with E-state index in [4.69, 9.17) is 34.8 Å². The van der Waals surface area contributed by atoms with E-state index in [1.165, 1.54) is 11.0 Å². The molecule has 6 nitrogen and oxygen atoms in total. The van der Waals surface area contributed by atoms with Crippen molar-refractivity contribution >= 4 is 63.8 Å². The van der Waals surface area contributed by atoms with Crippen LogP contribution in [0, 0.1) is 0 Å². The van der Waals surface area contributed by atoms with Crippen molar-refractivity contribution in [3.63, 3.8) is 0 Å². The number of benzodiazepines with no additional fused rings is 1. The summed E-state index contributed by atoms with van der Waals surface area (Å²) in [5, 5.41) is 6.45. The summed E-state index contributed by atoms with van der Waals surface area (Å²) in [4.78, 5) is 31.9. The largest absolute Gasteiger partial charge is 0.321 e. The molecule has 32 heavy (non-hydrogen) atoms. The lowest BCUT2D eigenvalue weighted by molar-refractivity contribution is -0.119. The van der Waals surface area contributed by atoms with Gasteiger partial charge >= 0.3 is 6.03 Å². The highest BCUT2D eigenvalue weighted by atomic mass is 35.5. The van der Waals surface area contributed by atoms with Gasteiger partial charge in [0.1, 0.15) is 0 Å². The number of amides is 3. The first kappa shape index (κ1) is 22.1. The van der Waals surface area contributed by atoms with Crippen LogP contribution in [0.25, 0.3) is 0 Å². The molecule has 0 radical (unpaired) electrons. The number of hydrogen-bond acceptors (Lipinski definition) is 3. The second kappa shape index (κ2) is 9.20. The Hall–Kier alpha value is -3.06. The summed E-state index contributed by atoms with van der Waals surface area (Å²) in [6, 6.07) is 18.7. The molecule has 0 bridgehead atoms. The van der Waals surface area contributed by atoms with E-state index in [0.717, 1.165) is 5.56 Å². The minimum Gasteiger partial charge on any atom is -0.311 e. The minimum atomic E-state index is -1.16. The average molecular weight is 488 g/mol. The van der Waals surface area contributed by atoms with Gasteiger partial charge in [0.2, 0.25) is 6.17 Å². The number of benzene rings is 3. The molecule has 162 valence electrons. The molecule has 1 unspecified atom stereocenters. The van der Waals surface area contributed by atoms with E-state index in [1.807, 2.05) is 30.3 Å². The summed E-state index contributed by atoms with van der Waals surface area (Å²) in [5.74, 6) is -0.399. The maximum atomic E-state index is 13.2. The minimum absolute atomic E-state index is 0.298. The first-order chi connectivity index (χ1) is 15.3. The van der Waals surface area contributed by atoms with E-state index in [2.05, 4.69) is 15.6 Å². The lowest BCUT2D eigenvalue weighted by atomic mass is 10.0. The Balaban J connectivity index is 1.70. The molecule has 2 N–H and O–H groups in total. The number of carbonyl (C=O) groups excluding carboxylic acids is 2. The molecular formula is C23H17Cl3N4O2. The number of fused-ring (bicyclic) bond motifs is 1. The molecule has 3 aromatic rings. The molecule has 4 rings (SSSR count). The lowest BCUT2D eigenvalue weighted by Gasteiger charge is -2.21. The van der Waals surface area contributed by atoms with E-state index in [0.29, 0.717) is 37.7 Å². The van der Waals surface area contributed by atoms with Crippen molar-refractivity contribution in [1.29, 1.82) is 0 Å². The van der Waals surface area contributed by atoms with E-state index >= 15 is 0 Å². The van der Waals surface area contributed by atoms with Crippen molar-refractivity contribution in [2.45, 2.75) is 6.17 Å². The predicted molar refractivity (Wildman–Crippen MR) is 129 cm³/mol. The monoisotopic (exact) mass is 486 g/mol. The number of aliphatic imine (C=N–C) groups is 1. The normalized spacial score (nSPS) is 15.5. The standard InChI is InChI=1S/C23H17Cl3N4O2/c1-30-19-10-7-14(24)11-16(19)20(13-5-3-2-4-6-13)28-21(22(30)31)29-23(32)27-15-8-9-17(25)18(26)12-15/h2-12,21H,1H3,(H2,27,29,32). The molecule has 3 aromatic carbocycles. The highest BCUT2D eigenvalue weighted by Gasteiger charge is 2.31. The van der Waals surface area contributed by atoms with Gasteiger partial charge in [0, 0.05) is 28.9 Å². The number of carbonyl (C=O) groups is 2. The van der Waals surface area contributed by atoms with E-state index in [1.54, 1.807) is 37.4 Å². The van der Waals surface area contributed by atoms with Gasteiger partial charge in [-0.25, -0.2) is 9.79 Å². The van der Waals surface area contributed by atoms with Crippen molar-refractivity contribution in [3.05, 3.63) is 92.9 Å². The molecule has 0 saturated carbocycles. The molecule has 0 saturated heterocycles. The molecule has 3 amide bonds. The van der Waals surface area contributed by atoms with Gasteiger partial charge in [0.15, 0.2) is 0 Å². The van der Waals surface area contributed by atoms with Crippen LogP contribution in [-0.2, 0) is 4.79 Å². The number of anilines is 2. The third-order valence-electron chi connectivity index (χ3n) is 4.89. The Morgan fingerprint density at radius 2 is 1.72 bits per heavy atom. The number of nitrogens with zero attached hydrogens (tertiary/aromatic N) is 2. The van der Waals surface area contributed by atoms with Gasteiger partial charge in [0.05, 0.1) is 21.4 Å². The van der Waals surface area contributed by atoms with Crippen LogP contribution in [0.1, 0.15) is 11.1 Å². The Labute approximate surface area is 199 Å². The molecule has 1 atom stereocenters. The number of likely N-dealkylation sites (N-methyl/N-ethyl adjacent to an activating group) is 1. The van der Waals surface area contributed by atoms with Crippen molar-refractivity contribution in [2.24, 2.45) is 4.99 Å². The second-order valence-electron chi connectivity index (χ2n) is 7.03. The van der Waals surface area contributed by atoms with Crippen LogP contribution in [0.4, 0.5) is 16.2 Å². The van der Waals surface area contributed by atoms with Gasteiger partial charge in [0.25, 0.3) is 5.91 Å². The Bertz CT molecular complexity index is 1230. The summed E-state index contributed by atoms with van der Waals surface area (Å²) in [6.45, 7) is 0. The van der Waals surface area contributed by atoms with Crippen LogP contribution in [0.5, 0.6) is 0 Å². The smallest absolute Gasteiger partial charge is 0.311 e. The summed E-state index contributed by atoms with van der Waals surface area (Å²) < 4.78 is 0. The summed E-state index contributed by atoms with van der Waals surface area (Å²) in [5.41, 5.74) is 3.08. The fourth-order valence-electron chi connectivity index (χ4n) is 3.33. The second-order valence-corrected chi connectivity index (χ2v) is 8.28. The zero-order valence-electron chi connectivity index (χ0n) is 16.8. The van der Waals surface area contributed by atoms with Crippen molar-refractivity contribution < 1.29 is 9.59 Å². The molecule has 0 aromatic heterocycles. The number of nitrogens with one attached hydrogen (secondary N) is 2. The van der Waals surface area contributed by atoms with Crippen LogP contribution in [0.2, 0.25) is 15.1 Å². The van der Waals surface area contributed by atoms with Crippen molar-refractivity contribution in [2.75, 3.05) is 17.3 Å². The first-order valence-electron chi connectivity index (χ1n) is 9.57. The number of rotatable bonds is 3. The average Bonchev–Trinajstić information content (AvgIpc) is 2.87. The van der Waals surface area contributed by atoms with E-state index in [9.17, 15) is 9.59 Å². The van der Waals surface area contributed by atoms with Gasteiger partial charge in [-0.05, 0) is 36.4 Å². The molecule has 1 aliphatic rings. The quantitative estimate of drug-likeness (QED) is 0.504. The van der Waals surface area contributed by atoms with Gasteiger partial charge in [-0.3, -0.25) is 4.79 Å². The highest BCUT2D eigenvalue weighted by molar-refractivity contribution is 6.42. The number of halogens is 3. The predicted octanol–water partition coefficient (Wildman–Crippen LogP) is 5.61. The molecular weight excluding hydrogens is 471 g/mol. The third kappa shape index (κ3) is 4.58. The maximum Gasteiger partial charge on any atom is 0.321 e. The van der Waals surface area contributed by atoms with Crippen LogP contribution in [0.15, 0.2) is 71.7 Å². The van der Waals surface area contributed by atoms with Crippen LogP contribution < -0.4 is 15.5 Å². The van der Waals surface area contributed by atoms with Gasteiger partial charge in [-0.2, -0.15) is 0 Å². The molecule has 0 fully saturated rings. The summed E-state index contributed by atoms with van der Waals surface area (Å²) >= 11 is 18.2. The number of hydrogen-bond donors (Lipinski definition) is 2. The lowest BCUT2D eigenvalue weighted by Crippen LogP contribution is -2.47. The molecule has 0 aliphatic carbocycles. The van der Waals surface area contributed by atoms with Crippen molar-refractivity contribution in [3.8, 4) is 0 Å². The fourth-order valence-corrected chi connectivity index (χ4v) is 3.80. The Morgan fingerprint density at radius 1 is 0.969 bits per heavy atom. The first-order valence-corrected chi connectivity index (χ1v) is 10.7. The number of urea groups is 1. The Kier molecular flexibility index (Phi) is 6.37.